The molecule has 0 saturated carbocycles. The van der Waals surface area contributed by atoms with Gasteiger partial charge < -0.3 is 5.73 Å². The number of nitrogens with zero attached hydrogens (tertiary/aromatic N) is 4. The summed E-state index contributed by atoms with van der Waals surface area (Å²) in [6, 6.07) is 11.5. The average Bonchev–Trinajstić information content (AvgIpc) is 2.90. The molecule has 0 bridgehead atoms. The van der Waals surface area contributed by atoms with E-state index in [1.54, 1.807) is 28.9 Å². The summed E-state index contributed by atoms with van der Waals surface area (Å²) in [7, 11) is 0. The Morgan fingerprint density at radius 3 is 2.81 bits per heavy atom. The molecule has 0 aliphatic heterocycles. The zero-order valence-electron chi connectivity index (χ0n) is 10.9. The van der Waals surface area contributed by atoms with E-state index in [0.717, 1.165) is 11.1 Å². The van der Waals surface area contributed by atoms with E-state index < -0.39 is 0 Å². The maximum Gasteiger partial charge on any atom is 0.182 e. The van der Waals surface area contributed by atoms with Crippen molar-refractivity contribution >= 4 is 17.3 Å². The van der Waals surface area contributed by atoms with E-state index in [-0.39, 0.29) is 5.82 Å². The fourth-order valence-electron chi connectivity index (χ4n) is 1.99. The average molecular weight is 304 g/mol. The van der Waals surface area contributed by atoms with Crippen LogP contribution in [-0.4, -0.2) is 20.2 Å². The lowest BCUT2D eigenvalue weighted by atomic mass is 10.2. The van der Waals surface area contributed by atoms with Crippen LogP contribution >= 0.6 is 11.6 Å². The number of halogens is 2. The van der Waals surface area contributed by atoms with Gasteiger partial charge in [-0.2, -0.15) is 0 Å². The Morgan fingerprint density at radius 2 is 2.05 bits per heavy atom. The summed E-state index contributed by atoms with van der Waals surface area (Å²) in [6.45, 7) is 0.363. The van der Waals surface area contributed by atoms with Crippen LogP contribution in [0.15, 0.2) is 42.5 Å². The third-order valence-corrected chi connectivity index (χ3v) is 3.34. The van der Waals surface area contributed by atoms with E-state index in [1.165, 1.54) is 12.1 Å². The molecule has 0 atom stereocenters. The SMILES string of the molecule is Nc1ccc(-c2nnnn2Cc2cccc(F)c2)cc1Cl. The monoisotopic (exact) mass is 303 g/mol. The van der Waals surface area contributed by atoms with Crippen LogP contribution < -0.4 is 5.73 Å². The second-order valence-electron chi connectivity index (χ2n) is 4.53. The molecule has 0 aliphatic carbocycles. The molecule has 0 saturated heterocycles. The second-order valence-corrected chi connectivity index (χ2v) is 4.93. The molecule has 106 valence electrons. The zero-order valence-corrected chi connectivity index (χ0v) is 11.6. The van der Waals surface area contributed by atoms with Crippen molar-refractivity contribution in [2.45, 2.75) is 6.54 Å². The minimum Gasteiger partial charge on any atom is -0.398 e. The number of benzene rings is 2. The lowest BCUT2D eigenvalue weighted by Gasteiger charge is -2.06. The summed E-state index contributed by atoms with van der Waals surface area (Å²) in [5.41, 5.74) is 7.69. The van der Waals surface area contributed by atoms with Gasteiger partial charge in [0.25, 0.3) is 0 Å². The number of nitrogens with two attached hydrogens (primary N) is 1. The molecular weight excluding hydrogens is 293 g/mol. The molecule has 1 heterocycles. The first kappa shape index (κ1) is 13.5. The predicted molar refractivity (Wildman–Crippen MR) is 78.2 cm³/mol. The first-order valence-corrected chi connectivity index (χ1v) is 6.57. The first-order chi connectivity index (χ1) is 10.1. The van der Waals surface area contributed by atoms with Crippen molar-refractivity contribution in [1.29, 1.82) is 0 Å². The maximum atomic E-state index is 13.2. The molecule has 0 fully saturated rings. The van der Waals surface area contributed by atoms with Crippen molar-refractivity contribution in [2.24, 2.45) is 0 Å². The number of hydrogen-bond donors (Lipinski definition) is 1. The van der Waals surface area contributed by atoms with Gasteiger partial charge in [0.05, 0.1) is 17.3 Å². The smallest absolute Gasteiger partial charge is 0.182 e. The van der Waals surface area contributed by atoms with Gasteiger partial charge in [-0.1, -0.05) is 23.7 Å². The van der Waals surface area contributed by atoms with E-state index >= 15 is 0 Å². The van der Waals surface area contributed by atoms with E-state index in [9.17, 15) is 4.39 Å². The lowest BCUT2D eigenvalue weighted by Crippen LogP contribution is -2.04. The molecule has 2 aromatic carbocycles. The van der Waals surface area contributed by atoms with Crippen LogP contribution in [0.1, 0.15) is 5.56 Å². The molecule has 21 heavy (non-hydrogen) atoms. The zero-order chi connectivity index (χ0) is 14.8. The predicted octanol–water partition coefficient (Wildman–Crippen LogP) is 2.76. The third kappa shape index (κ3) is 2.85. The quantitative estimate of drug-likeness (QED) is 0.755. The van der Waals surface area contributed by atoms with Gasteiger partial charge in [0.2, 0.25) is 0 Å². The summed E-state index contributed by atoms with van der Waals surface area (Å²) in [6.07, 6.45) is 0. The van der Waals surface area contributed by atoms with Crippen LogP contribution in [-0.2, 0) is 6.54 Å². The largest absolute Gasteiger partial charge is 0.398 e. The molecule has 0 radical (unpaired) electrons. The Morgan fingerprint density at radius 1 is 1.19 bits per heavy atom. The normalized spacial score (nSPS) is 10.8. The summed E-state index contributed by atoms with van der Waals surface area (Å²) < 4.78 is 14.8. The highest BCUT2D eigenvalue weighted by atomic mass is 35.5. The fraction of sp³-hybridized carbons (Fsp3) is 0.0714. The minimum atomic E-state index is -0.294. The molecule has 7 heteroatoms. The Kier molecular flexibility index (Phi) is 3.53. The molecule has 0 spiro atoms. The van der Waals surface area contributed by atoms with E-state index in [2.05, 4.69) is 15.5 Å². The highest BCUT2D eigenvalue weighted by Gasteiger charge is 2.11. The number of hydrogen-bond acceptors (Lipinski definition) is 4. The van der Waals surface area contributed by atoms with Gasteiger partial charge in [0.15, 0.2) is 5.82 Å². The summed E-state index contributed by atoms with van der Waals surface area (Å²) in [5.74, 6) is 0.249. The van der Waals surface area contributed by atoms with Crippen molar-refractivity contribution < 1.29 is 4.39 Å². The molecular formula is C14H11ClFN5. The van der Waals surface area contributed by atoms with Gasteiger partial charge in [0, 0.05) is 5.56 Å². The first-order valence-electron chi connectivity index (χ1n) is 6.19. The van der Waals surface area contributed by atoms with Crippen LogP contribution in [0.3, 0.4) is 0 Å². The molecule has 1 aromatic heterocycles. The van der Waals surface area contributed by atoms with E-state index in [1.807, 2.05) is 6.07 Å². The number of anilines is 1. The maximum absolute atomic E-state index is 13.2. The highest BCUT2D eigenvalue weighted by molar-refractivity contribution is 6.33. The van der Waals surface area contributed by atoms with Crippen molar-refractivity contribution in [2.75, 3.05) is 5.73 Å². The fourth-order valence-corrected chi connectivity index (χ4v) is 2.17. The standard InChI is InChI=1S/C14H11ClFN5/c15-12-7-10(4-5-13(12)17)14-18-19-20-21(14)8-9-2-1-3-11(16)6-9/h1-7H,8,17H2. The van der Waals surface area contributed by atoms with Gasteiger partial charge in [-0.3, -0.25) is 0 Å². The number of tetrazole rings is 1. The number of rotatable bonds is 3. The third-order valence-electron chi connectivity index (χ3n) is 3.01. The number of nitrogen functional groups attached to an aromatic ring is 1. The number of aromatic nitrogens is 4. The van der Waals surface area contributed by atoms with Crippen molar-refractivity contribution in [1.82, 2.24) is 20.2 Å². The van der Waals surface area contributed by atoms with Crippen LogP contribution in [0.5, 0.6) is 0 Å². The Labute approximate surface area is 125 Å². The Balaban J connectivity index is 1.95. The van der Waals surface area contributed by atoms with Gasteiger partial charge in [-0.05, 0) is 46.3 Å². The molecule has 3 rings (SSSR count). The summed E-state index contributed by atoms with van der Waals surface area (Å²) in [5, 5.41) is 12.0. The van der Waals surface area contributed by atoms with Crippen LogP contribution in [0.4, 0.5) is 10.1 Å². The Hall–Kier alpha value is -2.47. The molecule has 0 unspecified atom stereocenters. The van der Waals surface area contributed by atoms with Gasteiger partial charge in [0.1, 0.15) is 5.82 Å². The lowest BCUT2D eigenvalue weighted by molar-refractivity contribution is 0.615. The van der Waals surface area contributed by atoms with Crippen LogP contribution in [0.2, 0.25) is 5.02 Å². The molecule has 2 N–H and O–H groups in total. The van der Waals surface area contributed by atoms with E-state index in [0.29, 0.717) is 23.1 Å². The summed E-state index contributed by atoms with van der Waals surface area (Å²) >= 11 is 6.01. The molecule has 3 aromatic rings. The summed E-state index contributed by atoms with van der Waals surface area (Å²) in [4.78, 5) is 0. The highest BCUT2D eigenvalue weighted by Crippen LogP contribution is 2.25. The van der Waals surface area contributed by atoms with Gasteiger partial charge >= 0.3 is 0 Å². The van der Waals surface area contributed by atoms with Crippen molar-refractivity contribution in [3.8, 4) is 11.4 Å². The van der Waals surface area contributed by atoms with Gasteiger partial charge in [-0.25, -0.2) is 9.07 Å². The van der Waals surface area contributed by atoms with Gasteiger partial charge in [-0.15, -0.1) is 5.10 Å². The second kappa shape index (κ2) is 5.49. The molecule has 0 aliphatic rings. The van der Waals surface area contributed by atoms with Crippen LogP contribution in [0, 0.1) is 5.82 Å². The van der Waals surface area contributed by atoms with Crippen LogP contribution in [0.25, 0.3) is 11.4 Å². The molecule has 0 amide bonds. The Bertz CT molecular complexity index is 787. The van der Waals surface area contributed by atoms with Crippen molar-refractivity contribution in [3.05, 3.63) is 58.9 Å². The van der Waals surface area contributed by atoms with Crippen molar-refractivity contribution in [3.63, 3.8) is 0 Å². The topological polar surface area (TPSA) is 69.6 Å². The minimum absolute atomic E-state index is 0.294. The molecule has 5 nitrogen and oxygen atoms in total. The van der Waals surface area contributed by atoms with E-state index in [4.69, 9.17) is 17.3 Å².